The van der Waals surface area contributed by atoms with Gasteiger partial charge in [-0.25, -0.2) is 18.2 Å². The summed E-state index contributed by atoms with van der Waals surface area (Å²) < 4.78 is 44.9. The van der Waals surface area contributed by atoms with E-state index in [0.29, 0.717) is 17.3 Å². The number of hydrogen-bond acceptors (Lipinski definition) is 6. The molecule has 1 saturated carbocycles. The molecule has 2 aliphatic rings. The van der Waals surface area contributed by atoms with Gasteiger partial charge in [-0.2, -0.15) is 0 Å². The number of rotatable bonds is 7. The Hall–Kier alpha value is -4.22. The third-order valence-electron chi connectivity index (χ3n) is 8.31. The maximum absolute atomic E-state index is 16.3. The highest BCUT2D eigenvalue weighted by Gasteiger charge is 2.46. The zero-order valence-electron chi connectivity index (χ0n) is 23.8. The topological polar surface area (TPSA) is 118 Å². The third-order valence-corrected chi connectivity index (χ3v) is 8.31. The molecule has 0 radical (unpaired) electrons. The van der Waals surface area contributed by atoms with Crippen LogP contribution >= 0.6 is 0 Å². The number of nitrogens with zero attached hydrogens (tertiary/aromatic N) is 5. The number of alkyl halides is 2. The second-order valence-electron chi connectivity index (χ2n) is 11.2. The number of hydrogen-bond donors (Lipinski definition) is 2. The van der Waals surface area contributed by atoms with Crippen LogP contribution in [0, 0.1) is 17.7 Å². The van der Waals surface area contributed by atoms with Gasteiger partial charge in [0.05, 0.1) is 30.2 Å². The minimum atomic E-state index is -2.93. The van der Waals surface area contributed by atoms with Crippen molar-refractivity contribution in [3.63, 3.8) is 0 Å². The Kier molecular flexibility index (Phi) is 8.07. The second-order valence-corrected chi connectivity index (χ2v) is 11.2. The molecule has 3 heterocycles. The van der Waals surface area contributed by atoms with Crippen LogP contribution in [0.5, 0.6) is 0 Å². The number of halogens is 3. The van der Waals surface area contributed by atoms with E-state index < -0.39 is 42.7 Å². The summed E-state index contributed by atoms with van der Waals surface area (Å²) in [4.78, 5) is 40.1. The third kappa shape index (κ3) is 5.49. The predicted molar refractivity (Wildman–Crippen MR) is 153 cm³/mol. The number of carbonyl (C=O) groups excluding carboxylic acids is 2. The Morgan fingerprint density at radius 3 is 2.52 bits per heavy atom. The number of nitrogens with one attached hydrogen (secondary N) is 1. The zero-order chi connectivity index (χ0) is 30.2. The van der Waals surface area contributed by atoms with Gasteiger partial charge in [0.1, 0.15) is 17.1 Å². The first kappa shape index (κ1) is 29.3. The molecule has 2 amide bonds. The van der Waals surface area contributed by atoms with Crippen molar-refractivity contribution >= 4 is 28.6 Å². The first-order chi connectivity index (χ1) is 20.0. The monoisotopic (exact) mass is 581 g/mol. The van der Waals surface area contributed by atoms with E-state index in [1.54, 1.807) is 17.7 Å². The van der Waals surface area contributed by atoms with Crippen LogP contribution in [0.2, 0.25) is 0 Å². The van der Waals surface area contributed by atoms with Gasteiger partial charge in [0.15, 0.2) is 5.82 Å². The summed E-state index contributed by atoms with van der Waals surface area (Å²) in [5.74, 6) is -3.44. The maximum atomic E-state index is 16.3. The summed E-state index contributed by atoms with van der Waals surface area (Å²) in [7, 11) is 3.19. The Morgan fingerprint density at radius 1 is 1.17 bits per heavy atom. The van der Waals surface area contributed by atoms with Crippen LogP contribution < -0.4 is 11.1 Å². The molecule has 9 nitrogen and oxygen atoms in total. The molecule has 2 aromatic heterocycles. The second kappa shape index (κ2) is 11.6. The van der Waals surface area contributed by atoms with Gasteiger partial charge in [0.2, 0.25) is 0 Å². The molecule has 0 bridgehead atoms. The summed E-state index contributed by atoms with van der Waals surface area (Å²) in [5, 5.41) is 3.07. The highest BCUT2D eigenvalue weighted by atomic mass is 19.3. The quantitative estimate of drug-likeness (QED) is 0.401. The van der Waals surface area contributed by atoms with Crippen molar-refractivity contribution in [1.82, 2.24) is 24.8 Å². The molecule has 3 aromatic rings. The lowest BCUT2D eigenvalue weighted by Gasteiger charge is -2.38. The molecule has 0 spiro atoms. The number of likely N-dealkylation sites (tertiary alicyclic amines) is 1. The fraction of sp³-hybridized carbons (Fsp3) is 0.433. The van der Waals surface area contributed by atoms with Gasteiger partial charge in [0.25, 0.3) is 17.7 Å². The molecule has 222 valence electrons. The lowest BCUT2D eigenvalue weighted by molar-refractivity contribution is -0.116. The summed E-state index contributed by atoms with van der Waals surface area (Å²) in [5.41, 5.74) is 6.61. The summed E-state index contributed by atoms with van der Waals surface area (Å²) in [6, 6.07) is 4.05. The molecule has 0 unspecified atom stereocenters. The largest absolute Gasteiger partial charge is 0.405 e. The van der Waals surface area contributed by atoms with E-state index in [1.807, 2.05) is 0 Å². The van der Waals surface area contributed by atoms with Gasteiger partial charge < -0.3 is 20.5 Å². The number of amides is 2. The van der Waals surface area contributed by atoms with Gasteiger partial charge in [-0.05, 0) is 55.2 Å². The van der Waals surface area contributed by atoms with E-state index in [9.17, 15) is 18.4 Å². The number of nitrogens with two attached hydrogens (primary N) is 1. The highest BCUT2D eigenvalue weighted by Crippen LogP contribution is 2.39. The van der Waals surface area contributed by atoms with Crippen molar-refractivity contribution < 1.29 is 22.8 Å². The van der Waals surface area contributed by atoms with Gasteiger partial charge in [-0.1, -0.05) is 19.8 Å². The van der Waals surface area contributed by atoms with E-state index >= 15 is 4.39 Å². The summed E-state index contributed by atoms with van der Waals surface area (Å²) >= 11 is 0. The predicted octanol–water partition coefficient (Wildman–Crippen LogP) is 4.39. The van der Waals surface area contributed by atoms with Crippen LogP contribution in [0.4, 0.5) is 13.2 Å². The van der Waals surface area contributed by atoms with Crippen molar-refractivity contribution in [2.75, 3.05) is 20.1 Å². The fourth-order valence-corrected chi connectivity index (χ4v) is 5.95. The van der Waals surface area contributed by atoms with E-state index in [0.717, 1.165) is 30.6 Å². The van der Waals surface area contributed by atoms with Crippen LogP contribution in [0.15, 0.2) is 47.9 Å². The Balaban J connectivity index is 1.55. The maximum Gasteiger partial charge on any atom is 0.282 e. The molecule has 1 atom stereocenters. The van der Waals surface area contributed by atoms with E-state index in [4.69, 9.17) is 10.7 Å². The normalized spacial score (nSPS) is 21.4. The number of aromatic nitrogens is 3. The van der Waals surface area contributed by atoms with Crippen LogP contribution in [-0.2, 0) is 11.8 Å². The average molecular weight is 582 g/mol. The van der Waals surface area contributed by atoms with Crippen LogP contribution in [0.3, 0.4) is 0 Å². The van der Waals surface area contributed by atoms with Gasteiger partial charge >= 0.3 is 0 Å². The number of aryl methyl sites for hydroxylation is 1. The van der Waals surface area contributed by atoms with Gasteiger partial charge in [0, 0.05) is 37.6 Å². The van der Waals surface area contributed by atoms with Crippen molar-refractivity contribution in [2.24, 2.45) is 29.6 Å². The van der Waals surface area contributed by atoms with Crippen LogP contribution in [0.25, 0.3) is 22.2 Å². The number of imidazole rings is 1. The molecule has 1 saturated heterocycles. The Morgan fingerprint density at radius 2 is 1.88 bits per heavy atom. The highest BCUT2D eigenvalue weighted by molar-refractivity contribution is 6.43. The van der Waals surface area contributed by atoms with E-state index in [1.165, 1.54) is 43.9 Å². The standard InChI is InChI=1S/C30H34F3N7O2/c1-17-4-6-18(7-5-17)25(38-28(41)23(35-2)10-12-34)27-37-22-9-8-19(24(31)26(22)39(27)3)21-14-36-13-11-20(21)29(42)40-15-30(32,33)16-40/h8-14,17-18,25H,4-7,15-16,34H2,1-3H3,(H,38,41)/t17?,18?,25-/m0/s1. The summed E-state index contributed by atoms with van der Waals surface area (Å²) in [6.07, 6.45) is 9.13. The van der Waals surface area contributed by atoms with Gasteiger partial charge in [-0.15, -0.1) is 0 Å². The van der Waals surface area contributed by atoms with Crippen LogP contribution in [0.1, 0.15) is 54.8 Å². The molecule has 12 heteroatoms. The molecule has 1 aliphatic heterocycles. The number of fused-ring (bicyclic) bond motifs is 1. The van der Waals surface area contributed by atoms with E-state index in [2.05, 4.69) is 22.2 Å². The Bertz CT molecular complexity index is 1570. The minimum absolute atomic E-state index is 0.0698. The van der Waals surface area contributed by atoms with Crippen molar-refractivity contribution in [3.8, 4) is 11.1 Å². The number of benzene rings is 1. The van der Waals surface area contributed by atoms with Crippen molar-refractivity contribution in [1.29, 1.82) is 0 Å². The molecule has 42 heavy (non-hydrogen) atoms. The van der Waals surface area contributed by atoms with Gasteiger partial charge in [-0.3, -0.25) is 19.6 Å². The first-order valence-electron chi connectivity index (χ1n) is 14.0. The van der Waals surface area contributed by atoms with Crippen molar-refractivity contribution in [3.05, 3.63) is 60.1 Å². The fourth-order valence-electron chi connectivity index (χ4n) is 5.95. The smallest absolute Gasteiger partial charge is 0.282 e. The molecule has 1 aromatic carbocycles. The lowest BCUT2D eigenvalue weighted by atomic mass is 9.79. The molecule has 2 fully saturated rings. The Labute approximate surface area is 241 Å². The summed E-state index contributed by atoms with van der Waals surface area (Å²) in [6.45, 7) is 0.839. The number of pyridine rings is 1. The van der Waals surface area contributed by atoms with Crippen LogP contribution in [-0.4, -0.2) is 63.0 Å². The zero-order valence-corrected chi connectivity index (χ0v) is 23.8. The lowest BCUT2D eigenvalue weighted by Crippen LogP contribution is -2.58. The molecule has 1 aliphatic carbocycles. The molecular formula is C30H34F3N7O2. The number of aliphatic imine (C=N–C) groups is 1. The minimum Gasteiger partial charge on any atom is -0.405 e. The SMILES string of the molecule is CN=C(C=CN)C(=O)N[C@H](c1nc2ccc(-c3cnccc3C(=O)N3CC(F)(F)C3)c(F)c2n1C)C1CCC(C)CC1. The number of carbonyl (C=O) groups is 2. The van der Waals surface area contributed by atoms with Crippen molar-refractivity contribution in [2.45, 2.75) is 44.6 Å². The van der Waals surface area contributed by atoms with E-state index in [-0.39, 0.29) is 33.8 Å². The first-order valence-corrected chi connectivity index (χ1v) is 14.0. The average Bonchev–Trinajstić information content (AvgIpc) is 3.30. The molecular weight excluding hydrogens is 547 g/mol. The molecule has 5 rings (SSSR count). The molecule has 3 N–H and O–H groups in total.